The van der Waals surface area contributed by atoms with Gasteiger partial charge in [0.1, 0.15) is 0 Å². The van der Waals surface area contributed by atoms with Crippen molar-refractivity contribution in [2.45, 2.75) is 25.1 Å². The molecule has 110 valence electrons. The number of nitrogens with zero attached hydrogens (tertiary/aromatic N) is 1. The van der Waals surface area contributed by atoms with Crippen LogP contribution in [0.15, 0.2) is 18.3 Å². The number of carbonyl (C=O) groups excluding carboxylic acids is 1. The van der Waals surface area contributed by atoms with Crippen molar-refractivity contribution < 1.29 is 27.9 Å². The Labute approximate surface area is 111 Å². The molecule has 1 unspecified atom stereocenters. The van der Waals surface area contributed by atoms with Gasteiger partial charge in [-0.1, -0.05) is 0 Å². The molecule has 0 saturated heterocycles. The number of hydrogen-bond acceptors (Lipinski definition) is 4. The van der Waals surface area contributed by atoms with Crippen LogP contribution in [0.3, 0.4) is 0 Å². The number of nitrogens with two attached hydrogens (primary N) is 1. The summed E-state index contributed by atoms with van der Waals surface area (Å²) in [5, 5.41) is 10.5. The molecule has 0 radical (unpaired) electrons. The number of amides is 1. The Balaban J connectivity index is 2.79. The fourth-order valence-electron chi connectivity index (χ4n) is 1.15. The summed E-state index contributed by atoms with van der Waals surface area (Å²) in [5.41, 5.74) is 2.11. The van der Waals surface area contributed by atoms with Crippen LogP contribution in [0.4, 0.5) is 18.9 Å². The van der Waals surface area contributed by atoms with E-state index in [-0.39, 0.29) is 17.8 Å². The molecule has 0 aliphatic heterocycles. The Morgan fingerprint density at radius 1 is 1.40 bits per heavy atom. The van der Waals surface area contributed by atoms with Crippen molar-refractivity contribution in [3.63, 3.8) is 0 Å². The van der Waals surface area contributed by atoms with Crippen molar-refractivity contribution in [1.82, 2.24) is 4.98 Å². The standard InChI is InChI=1S/C11H12F3N3O3/c1-10(15,11(12,13)14)9(20)17-7-3-2-6(16-5-7)4-8(18)19/h2-3,5H,4,15H2,1H3,(H,17,20)(H,18,19). The average Bonchev–Trinajstić information content (AvgIpc) is 2.29. The maximum absolute atomic E-state index is 12.5. The van der Waals surface area contributed by atoms with E-state index in [4.69, 9.17) is 10.8 Å². The minimum atomic E-state index is -4.90. The topological polar surface area (TPSA) is 105 Å². The molecule has 0 saturated carbocycles. The molecule has 0 bridgehead atoms. The number of anilines is 1. The van der Waals surface area contributed by atoms with Gasteiger partial charge in [0, 0.05) is 0 Å². The second kappa shape index (κ2) is 5.45. The van der Waals surface area contributed by atoms with E-state index in [2.05, 4.69) is 4.98 Å². The lowest BCUT2D eigenvalue weighted by Crippen LogP contribution is -2.59. The predicted molar refractivity (Wildman–Crippen MR) is 62.9 cm³/mol. The largest absolute Gasteiger partial charge is 0.481 e. The second-order valence-corrected chi connectivity index (χ2v) is 4.26. The molecular formula is C11H12F3N3O3. The molecule has 0 aromatic carbocycles. The van der Waals surface area contributed by atoms with Crippen LogP contribution in [0.2, 0.25) is 0 Å². The molecule has 1 rings (SSSR count). The second-order valence-electron chi connectivity index (χ2n) is 4.26. The van der Waals surface area contributed by atoms with E-state index < -0.39 is 23.6 Å². The minimum Gasteiger partial charge on any atom is -0.481 e. The molecule has 1 aromatic heterocycles. The van der Waals surface area contributed by atoms with Gasteiger partial charge in [-0.2, -0.15) is 13.2 Å². The van der Waals surface area contributed by atoms with Gasteiger partial charge >= 0.3 is 12.1 Å². The minimum absolute atomic E-state index is 0.00920. The number of carboxylic acid groups (broad SMARTS) is 1. The number of nitrogens with one attached hydrogen (secondary N) is 1. The quantitative estimate of drug-likeness (QED) is 0.765. The number of halogens is 3. The zero-order valence-electron chi connectivity index (χ0n) is 10.4. The average molecular weight is 291 g/mol. The smallest absolute Gasteiger partial charge is 0.415 e. The lowest BCUT2D eigenvalue weighted by molar-refractivity contribution is -0.184. The first-order valence-corrected chi connectivity index (χ1v) is 5.38. The molecule has 0 aliphatic carbocycles. The summed E-state index contributed by atoms with van der Waals surface area (Å²) in [6, 6.07) is 2.53. The number of hydrogen-bond donors (Lipinski definition) is 3. The SMILES string of the molecule is CC(N)(C(=O)Nc1ccc(CC(=O)O)nc1)C(F)(F)F. The summed E-state index contributed by atoms with van der Waals surface area (Å²) in [7, 11) is 0. The Kier molecular flexibility index (Phi) is 4.33. The molecule has 1 atom stereocenters. The summed E-state index contributed by atoms with van der Waals surface area (Å²) in [6.45, 7) is 0.550. The zero-order valence-corrected chi connectivity index (χ0v) is 10.4. The number of carboxylic acids is 1. The number of alkyl halides is 3. The van der Waals surface area contributed by atoms with E-state index >= 15 is 0 Å². The van der Waals surface area contributed by atoms with Crippen LogP contribution in [-0.4, -0.2) is 33.7 Å². The number of aliphatic carboxylic acids is 1. The van der Waals surface area contributed by atoms with Crippen molar-refractivity contribution >= 4 is 17.6 Å². The van der Waals surface area contributed by atoms with Gasteiger partial charge < -0.3 is 16.2 Å². The predicted octanol–water partition coefficient (Wildman–Crippen LogP) is 0.927. The summed E-state index contributed by atoms with van der Waals surface area (Å²) in [6.07, 6.45) is -4.16. The maximum Gasteiger partial charge on any atom is 0.415 e. The molecule has 0 aliphatic rings. The fraction of sp³-hybridized carbons (Fsp3) is 0.364. The normalized spacial score (nSPS) is 14.4. The van der Waals surface area contributed by atoms with Crippen LogP contribution in [-0.2, 0) is 16.0 Å². The van der Waals surface area contributed by atoms with Gasteiger partial charge in [0.25, 0.3) is 5.91 Å². The zero-order chi connectivity index (χ0) is 15.6. The van der Waals surface area contributed by atoms with E-state index in [1.165, 1.54) is 12.1 Å². The van der Waals surface area contributed by atoms with Crippen molar-refractivity contribution in [2.75, 3.05) is 5.32 Å². The van der Waals surface area contributed by atoms with Crippen LogP contribution >= 0.6 is 0 Å². The van der Waals surface area contributed by atoms with Gasteiger partial charge in [0.05, 0.1) is 24.0 Å². The van der Waals surface area contributed by atoms with Crippen molar-refractivity contribution in [3.8, 4) is 0 Å². The molecule has 1 aromatic rings. The number of pyridine rings is 1. The van der Waals surface area contributed by atoms with Gasteiger partial charge in [0.2, 0.25) is 0 Å². The molecule has 1 heterocycles. The summed E-state index contributed by atoms with van der Waals surface area (Å²) in [4.78, 5) is 25.6. The van der Waals surface area contributed by atoms with Crippen molar-refractivity contribution in [3.05, 3.63) is 24.0 Å². The van der Waals surface area contributed by atoms with Gasteiger partial charge in [-0.05, 0) is 19.1 Å². The van der Waals surface area contributed by atoms with Crippen LogP contribution in [0.5, 0.6) is 0 Å². The van der Waals surface area contributed by atoms with Gasteiger partial charge in [-0.3, -0.25) is 14.6 Å². The Hall–Kier alpha value is -2.16. The van der Waals surface area contributed by atoms with Gasteiger partial charge in [-0.15, -0.1) is 0 Å². The molecule has 6 nitrogen and oxygen atoms in total. The van der Waals surface area contributed by atoms with E-state index in [1.54, 1.807) is 0 Å². The third kappa shape index (κ3) is 3.67. The third-order valence-corrected chi connectivity index (χ3v) is 2.48. The molecule has 0 spiro atoms. The maximum atomic E-state index is 12.5. The molecular weight excluding hydrogens is 279 g/mol. The van der Waals surface area contributed by atoms with E-state index in [1.807, 2.05) is 5.32 Å². The number of aromatic nitrogens is 1. The summed E-state index contributed by atoms with van der Waals surface area (Å²) < 4.78 is 37.6. The Morgan fingerprint density at radius 2 is 2.00 bits per heavy atom. The first-order chi connectivity index (χ1) is 9.04. The number of rotatable bonds is 4. The monoisotopic (exact) mass is 291 g/mol. The number of carbonyl (C=O) groups is 2. The van der Waals surface area contributed by atoms with Crippen LogP contribution in [0, 0.1) is 0 Å². The molecule has 20 heavy (non-hydrogen) atoms. The lowest BCUT2D eigenvalue weighted by atomic mass is 10.0. The third-order valence-electron chi connectivity index (χ3n) is 2.48. The fourth-order valence-corrected chi connectivity index (χ4v) is 1.15. The molecule has 9 heteroatoms. The van der Waals surface area contributed by atoms with Crippen LogP contribution < -0.4 is 11.1 Å². The molecule has 1 amide bonds. The Bertz CT molecular complexity index is 512. The van der Waals surface area contributed by atoms with Gasteiger partial charge in [-0.25, -0.2) is 0 Å². The summed E-state index contributed by atoms with van der Waals surface area (Å²) >= 11 is 0. The molecule has 0 fully saturated rings. The highest BCUT2D eigenvalue weighted by molar-refractivity contribution is 5.98. The van der Waals surface area contributed by atoms with Crippen molar-refractivity contribution in [2.24, 2.45) is 5.73 Å². The van der Waals surface area contributed by atoms with Crippen LogP contribution in [0.1, 0.15) is 12.6 Å². The summed E-state index contributed by atoms with van der Waals surface area (Å²) in [5.74, 6) is -2.53. The van der Waals surface area contributed by atoms with E-state index in [0.29, 0.717) is 6.92 Å². The van der Waals surface area contributed by atoms with Crippen LogP contribution in [0.25, 0.3) is 0 Å². The van der Waals surface area contributed by atoms with Gasteiger partial charge in [0.15, 0.2) is 5.54 Å². The highest BCUT2D eigenvalue weighted by atomic mass is 19.4. The van der Waals surface area contributed by atoms with Crippen molar-refractivity contribution in [1.29, 1.82) is 0 Å². The highest BCUT2D eigenvalue weighted by Gasteiger charge is 2.53. The van der Waals surface area contributed by atoms with E-state index in [9.17, 15) is 22.8 Å². The first-order valence-electron chi connectivity index (χ1n) is 5.38. The highest BCUT2D eigenvalue weighted by Crippen LogP contribution is 2.28. The lowest BCUT2D eigenvalue weighted by Gasteiger charge is -2.26. The Morgan fingerprint density at radius 3 is 2.40 bits per heavy atom. The van der Waals surface area contributed by atoms with E-state index in [0.717, 1.165) is 6.20 Å². The first kappa shape index (κ1) is 15.9. The molecule has 4 N–H and O–H groups in total.